The summed E-state index contributed by atoms with van der Waals surface area (Å²) >= 11 is 0. The van der Waals surface area contributed by atoms with E-state index in [1.807, 2.05) is 0 Å². The molecule has 0 aromatic carbocycles. The van der Waals surface area contributed by atoms with Crippen molar-refractivity contribution in [3.63, 3.8) is 0 Å². The molecule has 4 atom stereocenters. The fraction of sp³-hybridized carbons (Fsp3) is 1.00. The fourth-order valence-corrected chi connectivity index (χ4v) is 9.78. The molecular formula is C12H4F24Si. The van der Waals surface area contributed by atoms with E-state index in [-0.39, 0.29) is 0 Å². The van der Waals surface area contributed by atoms with Crippen LogP contribution < -0.4 is 0 Å². The zero-order valence-electron chi connectivity index (χ0n) is 15.9. The average Bonchev–Trinajstić information content (AvgIpc) is 2.62. The summed E-state index contributed by atoms with van der Waals surface area (Å²) in [5.41, 5.74) is 0. The van der Waals surface area contributed by atoms with Gasteiger partial charge in [-0.3, -0.25) is 0 Å². The van der Waals surface area contributed by atoms with Crippen LogP contribution in [0.4, 0.5) is 105 Å². The molecule has 0 aromatic heterocycles. The molecule has 25 heteroatoms. The van der Waals surface area contributed by atoms with E-state index in [0.717, 1.165) is 0 Å². The van der Waals surface area contributed by atoms with E-state index in [0.29, 0.717) is 0 Å². The standard InChI is InChI=1S/C12H4F24Si/c13-1(14)5(21,9(25,26)27)37(6(22,2(15)16)10(28,29)30,7(23,3(17)18)11(31,32)33)8(24,4(19)20)12(34,35)36/h1-4H. The van der Waals surface area contributed by atoms with Crippen molar-refractivity contribution in [2.45, 2.75) is 71.6 Å². The predicted octanol–water partition coefficient (Wildman–Crippen LogP) is 7.73. The molecule has 0 aromatic rings. The minimum Gasteiger partial charge on any atom is -0.231 e. The molecule has 0 amide bonds. The third-order valence-electron chi connectivity index (χ3n) is 5.04. The van der Waals surface area contributed by atoms with Crippen LogP contribution in [0.3, 0.4) is 0 Å². The smallest absolute Gasteiger partial charge is 0.231 e. The van der Waals surface area contributed by atoms with E-state index in [9.17, 15) is 105 Å². The highest BCUT2D eigenvalue weighted by Gasteiger charge is 3.08. The Labute approximate surface area is 186 Å². The summed E-state index contributed by atoms with van der Waals surface area (Å²) in [5, 5.41) is -37.6. The molecule has 0 fully saturated rings. The summed E-state index contributed by atoms with van der Waals surface area (Å²) < 4.78 is 324. The van der Waals surface area contributed by atoms with Gasteiger partial charge in [-0.15, -0.1) is 0 Å². The van der Waals surface area contributed by atoms with Crippen molar-refractivity contribution in [3.8, 4) is 0 Å². The van der Waals surface area contributed by atoms with Gasteiger partial charge in [0.25, 0.3) is 54.9 Å². The minimum absolute atomic E-state index is 7.44. The Balaban J connectivity index is 9.73. The van der Waals surface area contributed by atoms with Crippen LogP contribution >= 0.6 is 0 Å². The molecule has 4 unspecified atom stereocenters. The third-order valence-corrected chi connectivity index (χ3v) is 11.4. The maximum atomic E-state index is 14.9. The van der Waals surface area contributed by atoms with E-state index in [1.165, 1.54) is 0 Å². The van der Waals surface area contributed by atoms with E-state index in [4.69, 9.17) is 0 Å². The fourth-order valence-electron chi connectivity index (χ4n) is 3.59. The lowest BCUT2D eigenvalue weighted by atomic mass is 10.3. The highest BCUT2D eigenvalue weighted by molar-refractivity contribution is 6.91. The van der Waals surface area contributed by atoms with Gasteiger partial charge in [0.15, 0.2) is 0 Å². The summed E-state index contributed by atoms with van der Waals surface area (Å²) in [7, 11) is -12.8. The molecule has 224 valence electrons. The quantitative estimate of drug-likeness (QED) is 0.190. The molecule has 0 radical (unpaired) electrons. The molecule has 0 saturated heterocycles. The normalized spacial score (nSPS) is 23.0. The van der Waals surface area contributed by atoms with Crippen molar-refractivity contribution in [2.24, 2.45) is 0 Å². The lowest BCUT2D eigenvalue weighted by molar-refractivity contribution is -0.310. The second kappa shape index (κ2) is 9.33. The molecule has 0 aliphatic rings. The average molecular weight is 632 g/mol. The highest BCUT2D eigenvalue weighted by Crippen LogP contribution is 2.71. The molecule has 0 aliphatic heterocycles. The Morgan fingerprint density at radius 3 is 0.432 bits per heavy atom. The van der Waals surface area contributed by atoms with Crippen LogP contribution in [0.2, 0.25) is 0 Å². The van der Waals surface area contributed by atoms with Gasteiger partial charge >= 0.3 is 24.7 Å². The minimum atomic E-state index is -12.8. The predicted molar refractivity (Wildman–Crippen MR) is 69.3 cm³/mol. The van der Waals surface area contributed by atoms with Crippen LogP contribution in [0.15, 0.2) is 0 Å². The number of hydrogen-bond donors (Lipinski definition) is 0. The topological polar surface area (TPSA) is 0 Å². The summed E-state index contributed by atoms with van der Waals surface area (Å²) in [5.74, 6) is 0. The number of rotatable bonds is 8. The van der Waals surface area contributed by atoms with Gasteiger partial charge in [-0.1, -0.05) is 0 Å². The van der Waals surface area contributed by atoms with Gasteiger partial charge in [-0.05, 0) is 0 Å². The number of halogens is 24. The molecule has 0 heterocycles. The second-order valence-corrected chi connectivity index (χ2v) is 11.2. The van der Waals surface area contributed by atoms with E-state index >= 15 is 0 Å². The van der Waals surface area contributed by atoms with Crippen molar-refractivity contribution >= 4 is 8.07 Å². The maximum absolute atomic E-state index is 14.9. The molecular weight excluding hydrogens is 628 g/mol. The summed E-state index contributed by atoms with van der Waals surface area (Å²) in [6.07, 6.45) is -65.7. The second-order valence-electron chi connectivity index (χ2n) is 6.79. The zero-order valence-corrected chi connectivity index (χ0v) is 16.9. The Kier molecular flexibility index (Phi) is 8.96. The molecule has 0 saturated carbocycles. The van der Waals surface area contributed by atoms with Crippen LogP contribution in [-0.2, 0) is 0 Å². The zero-order chi connectivity index (χ0) is 30.8. The van der Waals surface area contributed by atoms with Crippen LogP contribution in [0, 0.1) is 0 Å². The van der Waals surface area contributed by atoms with Crippen molar-refractivity contribution < 1.29 is 105 Å². The Hall–Kier alpha value is -1.46. The van der Waals surface area contributed by atoms with Gasteiger partial charge in [-0.25, -0.2) is 52.7 Å². The lowest BCUT2D eigenvalue weighted by Gasteiger charge is -2.59. The first-order valence-corrected chi connectivity index (χ1v) is 9.92. The monoisotopic (exact) mass is 632 g/mol. The third kappa shape index (κ3) is 4.09. The van der Waals surface area contributed by atoms with Crippen molar-refractivity contribution in [3.05, 3.63) is 0 Å². The SMILES string of the molecule is FC(F)C(F)(C(F)(F)F)[Si](C(F)(C(F)F)C(F)(F)F)(C(F)(C(F)F)C(F)(F)F)C(F)(C(F)F)C(F)(F)F. The molecule has 0 rings (SSSR count). The Morgan fingerprint density at radius 2 is 0.378 bits per heavy atom. The number of alkyl halides is 24. The van der Waals surface area contributed by atoms with Crippen molar-refractivity contribution in [1.82, 2.24) is 0 Å². The summed E-state index contributed by atoms with van der Waals surface area (Å²) in [4.78, 5) is 0. The van der Waals surface area contributed by atoms with Crippen LogP contribution in [-0.4, -0.2) is 79.6 Å². The molecule has 0 N–H and O–H groups in total. The molecule has 0 aliphatic carbocycles. The first-order chi connectivity index (χ1) is 15.8. The summed E-state index contributed by atoms with van der Waals surface area (Å²) in [6, 6.07) is 0. The van der Waals surface area contributed by atoms with E-state index < -0.39 is 79.6 Å². The van der Waals surface area contributed by atoms with Gasteiger partial charge in [0.1, 0.15) is 0 Å². The number of hydrogen-bond acceptors (Lipinski definition) is 0. The molecule has 0 nitrogen and oxygen atoms in total. The van der Waals surface area contributed by atoms with E-state index in [1.54, 1.807) is 0 Å². The lowest BCUT2D eigenvalue weighted by Crippen LogP contribution is -3.00. The van der Waals surface area contributed by atoms with Crippen LogP contribution in [0.5, 0.6) is 0 Å². The van der Waals surface area contributed by atoms with Crippen molar-refractivity contribution in [1.29, 1.82) is 0 Å². The first kappa shape index (κ1) is 35.5. The van der Waals surface area contributed by atoms with Gasteiger partial charge in [0.2, 0.25) is 0 Å². The van der Waals surface area contributed by atoms with Crippen LogP contribution in [0.1, 0.15) is 0 Å². The van der Waals surface area contributed by atoms with Crippen molar-refractivity contribution in [2.75, 3.05) is 0 Å². The van der Waals surface area contributed by atoms with Crippen LogP contribution in [0.25, 0.3) is 0 Å². The van der Waals surface area contributed by atoms with Gasteiger partial charge < -0.3 is 0 Å². The molecule has 0 bridgehead atoms. The van der Waals surface area contributed by atoms with E-state index in [2.05, 4.69) is 0 Å². The molecule has 37 heavy (non-hydrogen) atoms. The Morgan fingerprint density at radius 1 is 0.270 bits per heavy atom. The van der Waals surface area contributed by atoms with Gasteiger partial charge in [-0.2, -0.15) is 52.7 Å². The largest absolute Gasteiger partial charge is 0.425 e. The molecule has 0 spiro atoms. The Bertz CT molecular complexity index is 656. The van der Waals surface area contributed by atoms with Gasteiger partial charge in [0, 0.05) is 0 Å². The first-order valence-electron chi connectivity index (χ1n) is 7.92. The van der Waals surface area contributed by atoms with Gasteiger partial charge in [0.05, 0.1) is 0 Å². The maximum Gasteiger partial charge on any atom is 0.425 e. The highest BCUT2D eigenvalue weighted by atomic mass is 28.3. The summed E-state index contributed by atoms with van der Waals surface area (Å²) in [6.45, 7) is 0.